The molecule has 0 radical (unpaired) electrons. The monoisotopic (exact) mass is 545 g/mol. The van der Waals surface area contributed by atoms with Crippen molar-refractivity contribution in [2.75, 3.05) is 18.5 Å². The van der Waals surface area contributed by atoms with Gasteiger partial charge in [0.1, 0.15) is 11.8 Å². The summed E-state index contributed by atoms with van der Waals surface area (Å²) in [5.74, 6) is -1.09. The van der Waals surface area contributed by atoms with Crippen LogP contribution in [0, 0.1) is 17.8 Å². The molecule has 3 N–H and O–H groups in total. The Balaban J connectivity index is 1.69. The number of aliphatic hydroxyl groups is 1. The van der Waals surface area contributed by atoms with Gasteiger partial charge in [-0.25, -0.2) is 0 Å². The number of rotatable bonds is 11. The van der Waals surface area contributed by atoms with Gasteiger partial charge in [0.2, 0.25) is 17.7 Å². The van der Waals surface area contributed by atoms with Crippen molar-refractivity contribution in [1.82, 2.24) is 10.2 Å². The van der Waals surface area contributed by atoms with Gasteiger partial charge in [-0.2, -0.15) is 0 Å². The lowest BCUT2D eigenvalue weighted by atomic mass is 9.66. The molecule has 38 heavy (non-hydrogen) atoms. The van der Waals surface area contributed by atoms with Crippen molar-refractivity contribution in [3.63, 3.8) is 0 Å². The molecule has 3 fully saturated rings. The Morgan fingerprint density at radius 3 is 2.42 bits per heavy atom. The Labute approximate surface area is 230 Å². The zero-order valence-electron chi connectivity index (χ0n) is 23.5. The van der Waals surface area contributed by atoms with Gasteiger partial charge in [0.05, 0.1) is 35.8 Å². The van der Waals surface area contributed by atoms with E-state index in [1.807, 2.05) is 39.8 Å². The maximum atomic E-state index is 14.3. The molecule has 2 bridgehead atoms. The predicted molar refractivity (Wildman–Crippen MR) is 150 cm³/mol. The number of amides is 3. The summed E-state index contributed by atoms with van der Waals surface area (Å²) in [6, 6.07) is 5.98. The van der Waals surface area contributed by atoms with Gasteiger partial charge in [0.25, 0.3) is 0 Å². The minimum atomic E-state index is -0.728. The molecule has 1 aromatic carbocycles. The Hall–Kier alpha value is -2.26. The number of thioether (sulfide) groups is 1. The molecule has 1 spiro atoms. The smallest absolute Gasteiger partial charge is 0.244 e. The quantitative estimate of drug-likeness (QED) is 0.390. The van der Waals surface area contributed by atoms with E-state index in [1.54, 1.807) is 28.8 Å². The van der Waals surface area contributed by atoms with Crippen LogP contribution in [0.25, 0.3) is 0 Å². The molecule has 7 atom stereocenters. The summed E-state index contributed by atoms with van der Waals surface area (Å²) in [6.45, 7) is 12.3. The van der Waals surface area contributed by atoms with Crippen molar-refractivity contribution in [1.29, 1.82) is 0 Å². The summed E-state index contributed by atoms with van der Waals surface area (Å²) in [6.07, 6.45) is 3.21. The van der Waals surface area contributed by atoms with Gasteiger partial charge in [0, 0.05) is 16.5 Å². The molecular formula is C29H43N3O5S. The van der Waals surface area contributed by atoms with Crippen LogP contribution in [0.4, 0.5) is 5.69 Å². The second-order valence-corrected chi connectivity index (χ2v) is 13.5. The molecule has 0 aliphatic carbocycles. The highest BCUT2D eigenvalue weighted by atomic mass is 32.2. The number of carbonyl (C=O) groups is 3. The van der Waals surface area contributed by atoms with E-state index in [4.69, 9.17) is 4.74 Å². The van der Waals surface area contributed by atoms with E-state index in [2.05, 4.69) is 24.5 Å². The SMILES string of the molecule is CCCC(C)NC(=O)C1N([C@@H](CO)C(C)C)C(=O)[C@@H]2[C@H](C(=O)Nc3ccc(OCC)cc3)[C@]3(C)CCC12S3. The molecule has 3 unspecified atom stereocenters. The second kappa shape index (κ2) is 11.1. The molecule has 3 amide bonds. The zero-order valence-corrected chi connectivity index (χ0v) is 24.3. The molecule has 3 heterocycles. The summed E-state index contributed by atoms with van der Waals surface area (Å²) in [4.78, 5) is 43.6. The maximum absolute atomic E-state index is 14.3. The van der Waals surface area contributed by atoms with E-state index in [0.717, 1.165) is 25.0 Å². The summed E-state index contributed by atoms with van der Waals surface area (Å²) >= 11 is 1.65. The van der Waals surface area contributed by atoms with Crippen LogP contribution in [0.15, 0.2) is 24.3 Å². The minimum Gasteiger partial charge on any atom is -0.494 e. The van der Waals surface area contributed by atoms with Crippen LogP contribution in [-0.2, 0) is 14.4 Å². The van der Waals surface area contributed by atoms with E-state index < -0.39 is 33.4 Å². The topological polar surface area (TPSA) is 108 Å². The van der Waals surface area contributed by atoms with Crippen LogP contribution in [0.2, 0.25) is 0 Å². The zero-order chi connectivity index (χ0) is 27.8. The van der Waals surface area contributed by atoms with Crippen molar-refractivity contribution in [2.45, 2.75) is 94.8 Å². The third kappa shape index (κ3) is 4.81. The first-order valence-electron chi connectivity index (χ1n) is 14.0. The summed E-state index contributed by atoms with van der Waals surface area (Å²) in [7, 11) is 0. The molecule has 4 rings (SSSR count). The van der Waals surface area contributed by atoms with Gasteiger partial charge >= 0.3 is 0 Å². The molecule has 1 aromatic rings. The molecule has 0 aromatic heterocycles. The molecule has 9 heteroatoms. The highest BCUT2D eigenvalue weighted by Gasteiger charge is 2.77. The van der Waals surface area contributed by atoms with Crippen LogP contribution < -0.4 is 15.4 Å². The first-order chi connectivity index (χ1) is 18.0. The number of anilines is 1. The van der Waals surface area contributed by atoms with Crippen LogP contribution >= 0.6 is 11.8 Å². The Morgan fingerprint density at radius 1 is 1.16 bits per heavy atom. The lowest BCUT2D eigenvalue weighted by Crippen LogP contribution is -2.58. The lowest BCUT2D eigenvalue weighted by Gasteiger charge is -2.39. The van der Waals surface area contributed by atoms with E-state index in [-0.39, 0.29) is 36.3 Å². The predicted octanol–water partition coefficient (Wildman–Crippen LogP) is 3.83. The number of ether oxygens (including phenoxy) is 1. The van der Waals surface area contributed by atoms with Gasteiger partial charge < -0.3 is 25.4 Å². The fourth-order valence-corrected chi connectivity index (χ4v) is 9.23. The summed E-state index contributed by atoms with van der Waals surface area (Å²) < 4.78 is 4.35. The van der Waals surface area contributed by atoms with Gasteiger partial charge in [-0.3, -0.25) is 14.4 Å². The second-order valence-electron chi connectivity index (χ2n) is 11.6. The molecule has 210 valence electrons. The summed E-state index contributed by atoms with van der Waals surface area (Å²) in [5, 5.41) is 16.5. The van der Waals surface area contributed by atoms with E-state index in [1.165, 1.54) is 0 Å². The molecule has 3 aliphatic heterocycles. The number of aliphatic hydroxyl groups excluding tert-OH is 1. The van der Waals surface area contributed by atoms with Crippen molar-refractivity contribution >= 4 is 35.2 Å². The Kier molecular flexibility index (Phi) is 8.38. The van der Waals surface area contributed by atoms with Crippen LogP contribution in [0.1, 0.15) is 67.2 Å². The fraction of sp³-hybridized carbons (Fsp3) is 0.690. The molecular weight excluding hydrogens is 502 g/mol. The van der Waals surface area contributed by atoms with E-state index >= 15 is 0 Å². The normalized spacial score (nSPS) is 31.3. The molecule has 3 aliphatic rings. The maximum Gasteiger partial charge on any atom is 0.244 e. The Morgan fingerprint density at radius 2 is 1.84 bits per heavy atom. The van der Waals surface area contributed by atoms with Gasteiger partial charge in [-0.05, 0) is 70.2 Å². The van der Waals surface area contributed by atoms with Crippen molar-refractivity contribution in [3.05, 3.63) is 24.3 Å². The van der Waals surface area contributed by atoms with Crippen LogP contribution in [-0.4, -0.2) is 68.6 Å². The number of nitrogens with one attached hydrogen (secondary N) is 2. The van der Waals surface area contributed by atoms with E-state index in [0.29, 0.717) is 18.7 Å². The number of nitrogens with zero attached hydrogens (tertiary/aromatic N) is 1. The number of likely N-dealkylation sites (tertiary alicyclic amines) is 1. The fourth-order valence-electron chi connectivity index (χ4n) is 6.89. The average Bonchev–Trinajstić information content (AvgIpc) is 3.42. The number of fused-ring (bicyclic) bond motifs is 1. The van der Waals surface area contributed by atoms with Crippen LogP contribution in [0.3, 0.4) is 0 Å². The van der Waals surface area contributed by atoms with Crippen LogP contribution in [0.5, 0.6) is 5.75 Å². The Bertz CT molecular complexity index is 1050. The number of carbonyl (C=O) groups excluding carboxylic acids is 3. The first kappa shape index (κ1) is 28.7. The molecule has 3 saturated heterocycles. The lowest BCUT2D eigenvalue weighted by molar-refractivity contribution is -0.143. The minimum absolute atomic E-state index is 0.0236. The van der Waals surface area contributed by atoms with Gasteiger partial charge in [0.15, 0.2) is 0 Å². The first-order valence-corrected chi connectivity index (χ1v) is 14.8. The van der Waals surface area contributed by atoms with Crippen molar-refractivity contribution in [3.8, 4) is 5.75 Å². The van der Waals surface area contributed by atoms with Crippen molar-refractivity contribution in [2.24, 2.45) is 17.8 Å². The molecule has 0 saturated carbocycles. The molecule has 8 nitrogen and oxygen atoms in total. The highest BCUT2D eigenvalue weighted by Crippen LogP contribution is 2.71. The summed E-state index contributed by atoms with van der Waals surface area (Å²) in [5.41, 5.74) is 0.643. The van der Waals surface area contributed by atoms with Crippen molar-refractivity contribution < 1.29 is 24.2 Å². The third-order valence-electron chi connectivity index (χ3n) is 8.60. The standard InChI is InChI=1S/C29H43N3O5S/c1-7-9-18(5)30-26(35)24-29-15-14-28(6,38-29)22(23(29)27(36)32(24)21(16-33)17(3)4)25(34)31-19-10-12-20(13-11-19)37-8-2/h10-13,17-18,21-24,33H,7-9,14-16H2,1-6H3,(H,30,35)(H,31,34)/t18?,21-,22+,23-,24?,28-,29?/m0/s1. The highest BCUT2D eigenvalue weighted by molar-refractivity contribution is 8.02. The number of hydrogen-bond acceptors (Lipinski definition) is 6. The number of benzene rings is 1. The van der Waals surface area contributed by atoms with Gasteiger partial charge in [-0.15, -0.1) is 11.8 Å². The average molecular weight is 546 g/mol. The largest absolute Gasteiger partial charge is 0.494 e. The third-order valence-corrected chi connectivity index (χ3v) is 10.6. The van der Waals surface area contributed by atoms with Gasteiger partial charge in [-0.1, -0.05) is 27.2 Å². The van der Waals surface area contributed by atoms with E-state index in [9.17, 15) is 19.5 Å². The number of hydrogen-bond donors (Lipinski definition) is 3.